The Balaban J connectivity index is 2.37. The van der Waals surface area contributed by atoms with Crippen molar-refractivity contribution in [3.63, 3.8) is 0 Å². The number of hydrogen-bond donors (Lipinski definition) is 1. The average molecular weight is 239 g/mol. The summed E-state index contributed by atoms with van der Waals surface area (Å²) in [5, 5.41) is 3.81. The summed E-state index contributed by atoms with van der Waals surface area (Å²) in [6.07, 6.45) is 9.86. The van der Waals surface area contributed by atoms with Gasteiger partial charge in [0.05, 0.1) is 0 Å². The van der Waals surface area contributed by atoms with Gasteiger partial charge in [-0.3, -0.25) is 0 Å². The summed E-state index contributed by atoms with van der Waals surface area (Å²) in [6.45, 7) is 10.6. The minimum atomic E-state index is 0.796. The smallest absolute Gasteiger partial charge is 0.00954 e. The van der Waals surface area contributed by atoms with Crippen LogP contribution in [0.3, 0.4) is 0 Å². The Morgan fingerprint density at radius 3 is 2.24 bits per heavy atom. The van der Waals surface area contributed by atoms with Crippen LogP contribution in [0, 0.1) is 17.8 Å². The van der Waals surface area contributed by atoms with Crippen LogP contribution in [0.4, 0.5) is 0 Å². The van der Waals surface area contributed by atoms with E-state index in [0.717, 1.165) is 23.8 Å². The lowest BCUT2D eigenvalue weighted by atomic mass is 9.77. The zero-order valence-corrected chi connectivity index (χ0v) is 12.5. The minimum Gasteiger partial charge on any atom is -0.314 e. The van der Waals surface area contributed by atoms with Crippen LogP contribution in [0.1, 0.15) is 72.6 Å². The van der Waals surface area contributed by atoms with Gasteiger partial charge in [-0.25, -0.2) is 0 Å². The largest absolute Gasteiger partial charge is 0.314 e. The number of nitrogens with one attached hydrogen (secondary N) is 1. The molecule has 1 saturated carbocycles. The quantitative estimate of drug-likeness (QED) is 0.683. The van der Waals surface area contributed by atoms with E-state index in [-0.39, 0.29) is 0 Å². The predicted molar refractivity (Wildman–Crippen MR) is 77.3 cm³/mol. The fraction of sp³-hybridized carbons (Fsp3) is 1.00. The highest BCUT2D eigenvalue weighted by Crippen LogP contribution is 2.32. The third-order valence-electron chi connectivity index (χ3n) is 4.34. The Labute approximate surface area is 109 Å². The summed E-state index contributed by atoms with van der Waals surface area (Å²) in [5.74, 6) is 2.78. The molecule has 1 N–H and O–H groups in total. The molecule has 17 heavy (non-hydrogen) atoms. The summed E-state index contributed by atoms with van der Waals surface area (Å²) in [5.41, 5.74) is 0. The molecule has 1 heteroatoms. The first-order valence-corrected chi connectivity index (χ1v) is 7.86. The lowest BCUT2D eigenvalue weighted by molar-refractivity contribution is 0.216. The van der Waals surface area contributed by atoms with Crippen molar-refractivity contribution in [3.8, 4) is 0 Å². The van der Waals surface area contributed by atoms with Gasteiger partial charge in [-0.2, -0.15) is 0 Å². The molecule has 0 aromatic heterocycles. The first kappa shape index (κ1) is 15.0. The van der Waals surface area contributed by atoms with Gasteiger partial charge in [-0.05, 0) is 56.4 Å². The zero-order chi connectivity index (χ0) is 12.7. The fourth-order valence-electron chi connectivity index (χ4n) is 3.04. The fourth-order valence-corrected chi connectivity index (χ4v) is 3.04. The highest BCUT2D eigenvalue weighted by atomic mass is 14.9. The molecule has 0 radical (unpaired) electrons. The Morgan fingerprint density at radius 1 is 1.06 bits per heavy atom. The summed E-state index contributed by atoms with van der Waals surface area (Å²) < 4.78 is 0. The first-order valence-electron chi connectivity index (χ1n) is 7.86. The second-order valence-electron chi connectivity index (χ2n) is 6.55. The molecular formula is C16H33N. The van der Waals surface area contributed by atoms with Crippen LogP contribution in [0.25, 0.3) is 0 Å². The van der Waals surface area contributed by atoms with Crippen LogP contribution in [0.2, 0.25) is 0 Å². The summed E-state index contributed by atoms with van der Waals surface area (Å²) in [6, 6.07) is 0.796. The highest BCUT2D eigenvalue weighted by molar-refractivity contribution is 4.81. The Kier molecular flexibility index (Phi) is 7.18. The van der Waals surface area contributed by atoms with E-state index in [4.69, 9.17) is 0 Å². The van der Waals surface area contributed by atoms with E-state index in [2.05, 4.69) is 33.0 Å². The molecular weight excluding hydrogens is 206 g/mol. The van der Waals surface area contributed by atoms with Gasteiger partial charge in [0.15, 0.2) is 0 Å². The van der Waals surface area contributed by atoms with Crippen molar-refractivity contribution in [1.82, 2.24) is 5.32 Å². The van der Waals surface area contributed by atoms with Crippen LogP contribution in [-0.2, 0) is 0 Å². The van der Waals surface area contributed by atoms with E-state index in [1.807, 2.05) is 0 Å². The van der Waals surface area contributed by atoms with Crippen molar-refractivity contribution in [2.75, 3.05) is 6.54 Å². The third-order valence-corrected chi connectivity index (χ3v) is 4.34. The van der Waals surface area contributed by atoms with E-state index < -0.39 is 0 Å². The maximum atomic E-state index is 3.81. The standard InChI is InChI=1S/C16H33N/c1-5-12-17-16(11-6-13(2)3)15-9-7-14(4)8-10-15/h13-17H,5-12H2,1-4H3. The maximum Gasteiger partial charge on any atom is 0.00954 e. The molecule has 102 valence electrons. The Morgan fingerprint density at radius 2 is 1.71 bits per heavy atom. The summed E-state index contributed by atoms with van der Waals surface area (Å²) >= 11 is 0. The van der Waals surface area contributed by atoms with E-state index >= 15 is 0 Å². The van der Waals surface area contributed by atoms with Crippen molar-refractivity contribution in [2.24, 2.45) is 17.8 Å². The van der Waals surface area contributed by atoms with Crippen molar-refractivity contribution in [1.29, 1.82) is 0 Å². The van der Waals surface area contributed by atoms with Crippen molar-refractivity contribution < 1.29 is 0 Å². The Bertz CT molecular complexity index is 180. The highest BCUT2D eigenvalue weighted by Gasteiger charge is 2.25. The third kappa shape index (κ3) is 5.90. The lowest BCUT2D eigenvalue weighted by Crippen LogP contribution is -2.38. The van der Waals surface area contributed by atoms with Gasteiger partial charge in [0.1, 0.15) is 0 Å². The second kappa shape index (κ2) is 8.13. The van der Waals surface area contributed by atoms with E-state index in [1.165, 1.54) is 51.5 Å². The minimum absolute atomic E-state index is 0.796. The van der Waals surface area contributed by atoms with Gasteiger partial charge in [-0.15, -0.1) is 0 Å². The molecule has 1 atom stereocenters. The molecule has 1 nitrogen and oxygen atoms in total. The SMILES string of the molecule is CCCNC(CCC(C)C)C1CCC(C)CC1. The van der Waals surface area contributed by atoms with Crippen LogP contribution >= 0.6 is 0 Å². The monoisotopic (exact) mass is 239 g/mol. The molecule has 1 unspecified atom stereocenters. The van der Waals surface area contributed by atoms with E-state index in [1.54, 1.807) is 0 Å². The van der Waals surface area contributed by atoms with Gasteiger partial charge in [-0.1, -0.05) is 40.5 Å². The van der Waals surface area contributed by atoms with Gasteiger partial charge in [0, 0.05) is 6.04 Å². The zero-order valence-electron chi connectivity index (χ0n) is 12.5. The molecule has 0 heterocycles. The average Bonchev–Trinajstić information content (AvgIpc) is 2.30. The number of rotatable bonds is 7. The molecule has 1 rings (SSSR count). The molecule has 0 aromatic carbocycles. The normalized spacial score (nSPS) is 27.4. The Hall–Kier alpha value is -0.0400. The van der Waals surface area contributed by atoms with Crippen molar-refractivity contribution in [2.45, 2.75) is 78.7 Å². The van der Waals surface area contributed by atoms with Gasteiger partial charge >= 0.3 is 0 Å². The van der Waals surface area contributed by atoms with Crippen LogP contribution in [-0.4, -0.2) is 12.6 Å². The van der Waals surface area contributed by atoms with E-state index in [9.17, 15) is 0 Å². The number of hydrogen-bond acceptors (Lipinski definition) is 1. The summed E-state index contributed by atoms with van der Waals surface area (Å²) in [4.78, 5) is 0. The van der Waals surface area contributed by atoms with Crippen LogP contribution in [0.5, 0.6) is 0 Å². The molecule has 0 saturated heterocycles. The second-order valence-corrected chi connectivity index (χ2v) is 6.55. The molecule has 0 amide bonds. The molecule has 1 aliphatic carbocycles. The van der Waals surface area contributed by atoms with E-state index in [0.29, 0.717) is 0 Å². The molecule has 1 aliphatic rings. The predicted octanol–water partition coefficient (Wildman–Crippen LogP) is 4.62. The molecule has 0 bridgehead atoms. The van der Waals surface area contributed by atoms with Crippen LogP contribution in [0.15, 0.2) is 0 Å². The van der Waals surface area contributed by atoms with Gasteiger partial charge in [0.2, 0.25) is 0 Å². The van der Waals surface area contributed by atoms with Crippen molar-refractivity contribution >= 4 is 0 Å². The molecule has 0 aromatic rings. The van der Waals surface area contributed by atoms with Gasteiger partial charge < -0.3 is 5.32 Å². The van der Waals surface area contributed by atoms with Gasteiger partial charge in [0.25, 0.3) is 0 Å². The van der Waals surface area contributed by atoms with Crippen LogP contribution < -0.4 is 5.32 Å². The summed E-state index contributed by atoms with van der Waals surface area (Å²) in [7, 11) is 0. The van der Waals surface area contributed by atoms with Crippen molar-refractivity contribution in [3.05, 3.63) is 0 Å². The lowest BCUT2D eigenvalue weighted by Gasteiger charge is -2.34. The first-order chi connectivity index (χ1) is 8.13. The topological polar surface area (TPSA) is 12.0 Å². The maximum absolute atomic E-state index is 3.81. The molecule has 0 aliphatic heterocycles. The molecule has 0 spiro atoms. The molecule has 1 fully saturated rings.